The van der Waals surface area contributed by atoms with E-state index >= 15 is 0 Å². The number of nitrogens with two attached hydrogens (primary N) is 2. The topological polar surface area (TPSA) is 95.2 Å². The highest BCUT2D eigenvalue weighted by atomic mass is 32.1. The summed E-state index contributed by atoms with van der Waals surface area (Å²) in [5, 5.41) is 0. The third-order valence-corrected chi connectivity index (χ3v) is 8.88. The smallest absolute Gasteiger partial charge is 0.225 e. The number of rotatable bonds is 4. The van der Waals surface area contributed by atoms with Gasteiger partial charge in [-0.3, -0.25) is 0 Å². The molecular formula is C23H14F2N4O2S4. The normalized spacial score (nSPS) is 15.4. The maximum Gasteiger partial charge on any atom is 0.225 e. The van der Waals surface area contributed by atoms with E-state index in [2.05, 4.69) is 8.73 Å². The lowest BCUT2D eigenvalue weighted by Gasteiger charge is -2.23. The van der Waals surface area contributed by atoms with Crippen LogP contribution in [-0.2, 0) is 40.1 Å². The standard InChI is InChI=1S/C23H14F2N4O2S4/c24-9-5-10(19(28-32)15(27)6-9)16-7-11-21(34-16)22-12(23(11)30-3-4-31-23)8-17(35-22)18-13(25)1-2-14(26)20(18)29-33/h1-2,5-8H,3-4,26-27H2. The van der Waals surface area contributed by atoms with Crippen LogP contribution < -0.4 is 11.5 Å². The lowest BCUT2D eigenvalue weighted by molar-refractivity contribution is -0.126. The lowest BCUT2D eigenvalue weighted by atomic mass is 10.0. The molecule has 6 rings (SSSR count). The number of halogens is 2. The molecule has 2 aromatic heterocycles. The first-order valence-corrected chi connectivity index (χ1v) is 12.7. The average molecular weight is 545 g/mol. The van der Waals surface area contributed by atoms with Crippen LogP contribution >= 0.6 is 22.7 Å². The minimum Gasteiger partial charge on any atom is -0.397 e. The molecule has 3 heterocycles. The summed E-state index contributed by atoms with van der Waals surface area (Å²) in [5.74, 6) is -2.13. The lowest BCUT2D eigenvalue weighted by Crippen LogP contribution is -2.25. The zero-order chi connectivity index (χ0) is 24.5. The third-order valence-electron chi connectivity index (χ3n) is 6.03. The minimum absolute atomic E-state index is 0.156. The largest absolute Gasteiger partial charge is 0.397 e. The molecule has 1 fully saturated rings. The van der Waals surface area contributed by atoms with Gasteiger partial charge in [-0.25, -0.2) is 8.78 Å². The molecule has 35 heavy (non-hydrogen) atoms. The molecule has 2 aliphatic rings. The van der Waals surface area contributed by atoms with Crippen molar-refractivity contribution in [3.8, 4) is 30.6 Å². The first-order valence-electron chi connectivity index (χ1n) is 10.3. The van der Waals surface area contributed by atoms with E-state index in [1.807, 2.05) is 12.1 Å². The van der Waals surface area contributed by atoms with Gasteiger partial charge >= 0.3 is 0 Å². The van der Waals surface area contributed by atoms with Crippen LogP contribution in [0.2, 0.25) is 0 Å². The van der Waals surface area contributed by atoms with Gasteiger partial charge in [-0.2, -0.15) is 8.73 Å². The second-order valence-electron chi connectivity index (χ2n) is 7.95. The maximum absolute atomic E-state index is 14.9. The highest BCUT2D eigenvalue weighted by Crippen LogP contribution is 2.61. The molecule has 4 N–H and O–H groups in total. The molecule has 1 spiro atoms. The molecular weight excluding hydrogens is 531 g/mol. The Bertz CT molecular complexity index is 1560. The predicted molar refractivity (Wildman–Crippen MR) is 139 cm³/mol. The summed E-state index contributed by atoms with van der Waals surface area (Å²) in [6.07, 6.45) is 0. The van der Waals surface area contributed by atoms with Crippen molar-refractivity contribution in [1.82, 2.24) is 0 Å². The van der Waals surface area contributed by atoms with Gasteiger partial charge in [0.25, 0.3) is 0 Å². The molecule has 6 nitrogen and oxygen atoms in total. The molecule has 0 saturated carbocycles. The predicted octanol–water partition coefficient (Wildman–Crippen LogP) is 6.54. The molecule has 0 amide bonds. The first kappa shape index (κ1) is 22.7. The molecule has 0 unspecified atom stereocenters. The van der Waals surface area contributed by atoms with Crippen molar-refractivity contribution < 1.29 is 18.3 Å². The Kier molecular flexibility index (Phi) is 5.29. The van der Waals surface area contributed by atoms with E-state index in [0.717, 1.165) is 20.9 Å². The molecule has 1 aliphatic heterocycles. The number of anilines is 2. The van der Waals surface area contributed by atoms with Crippen molar-refractivity contribution in [1.29, 1.82) is 0 Å². The van der Waals surface area contributed by atoms with Crippen molar-refractivity contribution in [3.05, 3.63) is 59.2 Å². The highest BCUT2D eigenvalue weighted by Gasteiger charge is 2.51. The number of hydrogen-bond donors (Lipinski definition) is 2. The van der Waals surface area contributed by atoms with Crippen molar-refractivity contribution >= 4 is 70.3 Å². The Labute approximate surface area is 216 Å². The Balaban J connectivity index is 1.58. The zero-order valence-electron chi connectivity index (χ0n) is 17.6. The number of hydrogen-bond acceptors (Lipinski definition) is 10. The van der Waals surface area contributed by atoms with Crippen molar-refractivity contribution in [3.63, 3.8) is 0 Å². The average Bonchev–Trinajstić information content (AvgIpc) is 3.59. The van der Waals surface area contributed by atoms with Crippen LogP contribution in [0.4, 0.5) is 31.5 Å². The molecule has 176 valence electrons. The van der Waals surface area contributed by atoms with E-state index < -0.39 is 17.4 Å². The fraction of sp³-hybridized carbons (Fsp3) is 0.130. The Hall–Kier alpha value is -2.74. The van der Waals surface area contributed by atoms with Gasteiger partial charge in [0.05, 0.1) is 39.9 Å². The highest BCUT2D eigenvalue weighted by molar-refractivity contribution is 7.47. The number of benzene rings is 2. The van der Waals surface area contributed by atoms with Gasteiger partial charge in [-0.1, -0.05) is 0 Å². The van der Waals surface area contributed by atoms with E-state index in [4.69, 9.17) is 45.8 Å². The molecule has 0 atom stereocenters. The van der Waals surface area contributed by atoms with Crippen molar-refractivity contribution in [2.24, 2.45) is 8.73 Å². The second kappa shape index (κ2) is 8.15. The summed E-state index contributed by atoms with van der Waals surface area (Å²) in [6.45, 7) is 0.766. The molecule has 1 aliphatic carbocycles. The number of nitrogen functional groups attached to an aromatic ring is 2. The fourth-order valence-corrected chi connectivity index (χ4v) is 7.58. The van der Waals surface area contributed by atoms with Crippen LogP contribution in [0.3, 0.4) is 0 Å². The molecule has 2 aromatic carbocycles. The van der Waals surface area contributed by atoms with E-state index in [9.17, 15) is 8.78 Å². The Morgan fingerprint density at radius 3 is 2.11 bits per heavy atom. The number of thiophene rings is 2. The fourth-order valence-electron chi connectivity index (χ4n) is 4.56. The van der Waals surface area contributed by atoms with Crippen molar-refractivity contribution in [2.75, 3.05) is 24.7 Å². The second-order valence-corrected chi connectivity index (χ2v) is 10.4. The van der Waals surface area contributed by atoms with E-state index in [1.54, 1.807) is 0 Å². The van der Waals surface area contributed by atoms with Gasteiger partial charge in [0.15, 0.2) is 0 Å². The van der Waals surface area contributed by atoms with Gasteiger partial charge in [-0.15, -0.1) is 22.7 Å². The maximum atomic E-state index is 14.9. The van der Waals surface area contributed by atoms with E-state index in [1.165, 1.54) is 46.9 Å². The van der Waals surface area contributed by atoms with Gasteiger partial charge in [0.1, 0.15) is 23.0 Å². The monoisotopic (exact) mass is 544 g/mol. The van der Waals surface area contributed by atoms with Crippen LogP contribution in [0.1, 0.15) is 11.1 Å². The minimum atomic E-state index is -1.15. The van der Waals surface area contributed by atoms with Crippen LogP contribution in [-0.4, -0.2) is 13.2 Å². The number of fused-ring (bicyclic) bond motifs is 5. The summed E-state index contributed by atoms with van der Waals surface area (Å²) >= 11 is 12.6. The zero-order valence-corrected chi connectivity index (χ0v) is 20.9. The van der Waals surface area contributed by atoms with E-state index in [-0.39, 0.29) is 22.6 Å². The third kappa shape index (κ3) is 3.21. The van der Waals surface area contributed by atoms with Gasteiger partial charge < -0.3 is 20.9 Å². The van der Waals surface area contributed by atoms with Crippen LogP contribution in [0.15, 0.2) is 45.1 Å². The summed E-state index contributed by atoms with van der Waals surface area (Å²) in [7, 11) is 0. The summed E-state index contributed by atoms with van der Waals surface area (Å²) in [4.78, 5) is 3.03. The molecule has 0 radical (unpaired) electrons. The number of ether oxygens (including phenoxy) is 2. The van der Waals surface area contributed by atoms with Gasteiger partial charge in [0, 0.05) is 51.3 Å². The molecule has 12 heteroatoms. The first-order chi connectivity index (χ1) is 16.9. The van der Waals surface area contributed by atoms with Gasteiger partial charge in [0.2, 0.25) is 5.79 Å². The van der Waals surface area contributed by atoms with Crippen LogP contribution in [0.5, 0.6) is 0 Å². The Morgan fingerprint density at radius 1 is 0.829 bits per heavy atom. The SMILES string of the molecule is Nc1cc(F)cc(-c2cc3c(s2)-c2sc(-c4c(F)ccc(N)c4N=S)cc2C32OCCO2)c1N=S. The molecule has 1 saturated heterocycles. The summed E-state index contributed by atoms with van der Waals surface area (Å²) in [5.41, 5.74) is 15.2. The number of nitrogens with zero attached hydrogens (tertiary/aromatic N) is 2. The summed E-state index contributed by atoms with van der Waals surface area (Å²) < 4.78 is 49.1. The van der Waals surface area contributed by atoms with Gasteiger partial charge in [-0.05, 0) is 36.4 Å². The van der Waals surface area contributed by atoms with Crippen molar-refractivity contribution in [2.45, 2.75) is 5.79 Å². The Morgan fingerprint density at radius 2 is 1.46 bits per heavy atom. The quantitative estimate of drug-likeness (QED) is 0.283. The van der Waals surface area contributed by atoms with Crippen LogP contribution in [0, 0.1) is 11.6 Å². The van der Waals surface area contributed by atoms with E-state index in [0.29, 0.717) is 34.2 Å². The summed E-state index contributed by atoms with van der Waals surface area (Å²) in [6, 6.07) is 9.00. The van der Waals surface area contributed by atoms with Crippen LogP contribution in [0.25, 0.3) is 30.6 Å². The molecule has 0 bridgehead atoms. The molecule has 4 aromatic rings.